The van der Waals surface area contributed by atoms with E-state index in [9.17, 15) is 0 Å². The molecule has 0 atom stereocenters. The Balaban J connectivity index is 1.58. The second-order valence-corrected chi connectivity index (χ2v) is 9.73. The molecule has 8 heteroatoms. The maximum Gasteiger partial charge on any atom is 0.159 e. The summed E-state index contributed by atoms with van der Waals surface area (Å²) in [5, 5.41) is 11.4. The quantitative estimate of drug-likeness (QED) is 0.235. The van der Waals surface area contributed by atoms with Crippen LogP contribution in [-0.4, -0.2) is 30.1 Å². The van der Waals surface area contributed by atoms with E-state index < -0.39 is 5.83 Å². The van der Waals surface area contributed by atoms with Crippen LogP contribution < -0.4 is 15.9 Å². The minimum Gasteiger partial charge on any atom is -0.358 e. The molecule has 5 aromatic rings. The number of H-pyrrole nitrogens is 2. The Morgan fingerprint density at radius 3 is 2.72 bits per heavy atom. The first-order valence-electron chi connectivity index (χ1n) is 12.8. The van der Waals surface area contributed by atoms with Gasteiger partial charge in [0.2, 0.25) is 0 Å². The van der Waals surface area contributed by atoms with Crippen LogP contribution in [0.25, 0.3) is 51.3 Å². The number of benzene rings is 1. The van der Waals surface area contributed by atoms with Crippen LogP contribution in [0.5, 0.6) is 0 Å². The Morgan fingerprint density at radius 2 is 1.97 bits per heavy atom. The van der Waals surface area contributed by atoms with Crippen molar-refractivity contribution >= 4 is 34.2 Å². The fourth-order valence-electron chi connectivity index (χ4n) is 4.53. The minimum absolute atomic E-state index is 0.191. The fraction of sp³-hybridized carbons (Fsp3) is 0.161. The molecule has 0 saturated heterocycles. The van der Waals surface area contributed by atoms with E-state index in [0.29, 0.717) is 28.3 Å². The summed E-state index contributed by atoms with van der Waals surface area (Å²) in [5.74, 6) is 0.384. The monoisotopic (exact) mass is 519 g/mol. The minimum atomic E-state index is -0.516. The van der Waals surface area contributed by atoms with E-state index in [0.717, 1.165) is 40.1 Å². The van der Waals surface area contributed by atoms with Gasteiger partial charge in [-0.3, -0.25) is 15.1 Å². The topological polar surface area (TPSA) is 95.2 Å². The Labute approximate surface area is 226 Å². The zero-order valence-corrected chi connectivity index (χ0v) is 22.2. The van der Waals surface area contributed by atoms with Gasteiger partial charge >= 0.3 is 0 Å². The molecular weight excluding hydrogens is 489 g/mol. The largest absolute Gasteiger partial charge is 0.358 e. The third-order valence-electron chi connectivity index (χ3n) is 6.31. The molecule has 3 N–H and O–H groups in total. The third kappa shape index (κ3) is 5.27. The summed E-state index contributed by atoms with van der Waals surface area (Å²) in [4.78, 5) is 16.9. The molecule has 0 aliphatic heterocycles. The van der Waals surface area contributed by atoms with Crippen LogP contribution in [0, 0.1) is 5.92 Å². The van der Waals surface area contributed by atoms with E-state index in [1.807, 2.05) is 49.4 Å². The molecule has 0 bridgehead atoms. The molecule has 0 amide bonds. The van der Waals surface area contributed by atoms with Crippen molar-refractivity contribution < 1.29 is 4.39 Å². The molecule has 0 aliphatic carbocycles. The number of pyridine rings is 2. The molecule has 39 heavy (non-hydrogen) atoms. The summed E-state index contributed by atoms with van der Waals surface area (Å²) >= 11 is 0. The van der Waals surface area contributed by atoms with Gasteiger partial charge in [0, 0.05) is 34.8 Å². The molecule has 0 spiro atoms. The molecule has 4 heterocycles. The van der Waals surface area contributed by atoms with Gasteiger partial charge in [0.25, 0.3) is 0 Å². The highest BCUT2D eigenvalue weighted by atomic mass is 19.1. The van der Waals surface area contributed by atoms with Crippen molar-refractivity contribution in [2.75, 3.05) is 5.32 Å². The van der Waals surface area contributed by atoms with E-state index in [4.69, 9.17) is 4.98 Å². The van der Waals surface area contributed by atoms with Crippen LogP contribution in [-0.2, 0) is 0 Å². The molecule has 0 saturated carbocycles. The van der Waals surface area contributed by atoms with Gasteiger partial charge in [-0.1, -0.05) is 51.3 Å². The van der Waals surface area contributed by atoms with E-state index in [2.05, 4.69) is 57.5 Å². The van der Waals surface area contributed by atoms with Crippen molar-refractivity contribution in [1.29, 1.82) is 0 Å². The zero-order valence-electron chi connectivity index (χ0n) is 22.2. The number of para-hydroxylation sites is 1. The molecule has 196 valence electrons. The maximum atomic E-state index is 16.2. The van der Waals surface area contributed by atoms with Crippen LogP contribution in [0.3, 0.4) is 0 Å². The van der Waals surface area contributed by atoms with Crippen molar-refractivity contribution in [1.82, 2.24) is 30.1 Å². The smallest absolute Gasteiger partial charge is 0.159 e. The van der Waals surface area contributed by atoms with Gasteiger partial charge in [-0.25, -0.2) is 9.37 Å². The van der Waals surface area contributed by atoms with Crippen LogP contribution >= 0.6 is 0 Å². The van der Waals surface area contributed by atoms with Crippen molar-refractivity contribution in [2.24, 2.45) is 5.92 Å². The number of anilines is 1. The van der Waals surface area contributed by atoms with Gasteiger partial charge in [-0.05, 0) is 43.5 Å². The lowest BCUT2D eigenvalue weighted by atomic mass is 10.1. The summed E-state index contributed by atoms with van der Waals surface area (Å²) in [6, 6.07) is 13.4. The molecule has 4 aromatic heterocycles. The predicted molar refractivity (Wildman–Crippen MR) is 156 cm³/mol. The van der Waals surface area contributed by atoms with Gasteiger partial charge in [0.1, 0.15) is 11.5 Å². The highest BCUT2D eigenvalue weighted by Gasteiger charge is 2.18. The van der Waals surface area contributed by atoms with Gasteiger partial charge < -0.3 is 10.3 Å². The second-order valence-electron chi connectivity index (χ2n) is 9.73. The second kappa shape index (κ2) is 10.9. The number of aromatic nitrogens is 6. The number of imidazole rings is 1. The summed E-state index contributed by atoms with van der Waals surface area (Å²) in [6.45, 7) is 14.2. The number of hydrogen-bond acceptors (Lipinski definition) is 5. The van der Waals surface area contributed by atoms with Crippen LogP contribution in [0.2, 0.25) is 0 Å². The number of hydrogen-bond donors (Lipinski definition) is 3. The number of allylic oxidation sites excluding steroid dienone is 2. The number of aromatic amines is 2. The van der Waals surface area contributed by atoms with Crippen molar-refractivity contribution in [3.8, 4) is 22.8 Å². The van der Waals surface area contributed by atoms with Crippen molar-refractivity contribution in [3.05, 3.63) is 96.0 Å². The van der Waals surface area contributed by atoms with Gasteiger partial charge in [-0.2, -0.15) is 5.10 Å². The summed E-state index contributed by atoms with van der Waals surface area (Å²) in [6.07, 6.45) is 7.61. The molecule has 0 aliphatic rings. The summed E-state index contributed by atoms with van der Waals surface area (Å²) < 4.78 is 16.2. The highest BCUT2D eigenvalue weighted by Crippen LogP contribution is 2.29. The zero-order chi connectivity index (χ0) is 27.5. The third-order valence-corrected chi connectivity index (χ3v) is 6.31. The van der Waals surface area contributed by atoms with Gasteiger partial charge in [0.15, 0.2) is 5.82 Å². The Kier molecular flexibility index (Phi) is 7.19. The Hall–Kier alpha value is -4.85. The van der Waals surface area contributed by atoms with Gasteiger partial charge in [-0.15, -0.1) is 0 Å². The van der Waals surface area contributed by atoms with E-state index >= 15 is 4.39 Å². The predicted octanol–water partition coefficient (Wildman–Crippen LogP) is 5.97. The number of fused-ring (bicyclic) bond motifs is 1. The van der Waals surface area contributed by atoms with E-state index in [1.54, 1.807) is 24.7 Å². The highest BCUT2D eigenvalue weighted by molar-refractivity contribution is 5.95. The Bertz CT molecular complexity index is 1800. The molecule has 7 nitrogen and oxygen atoms in total. The Morgan fingerprint density at radius 1 is 1.13 bits per heavy atom. The standard InChI is InChI=1S/C31H30FN7/c1-6-24-27(28(32)20(5)21-15-22(17-33-16-21)35-19(4)14-18(2)3)30(39-38-24)31-36-26-12-9-10-23(29(26)37-31)25-11-7-8-13-34-25/h6-13,15-18,35,38H,4-5,14H2,1-3H3,(H,36,37)/b24-6+,28-27-. The average molecular weight is 520 g/mol. The number of rotatable bonds is 8. The molecule has 0 radical (unpaired) electrons. The number of halogens is 1. The summed E-state index contributed by atoms with van der Waals surface area (Å²) in [5.41, 5.74) is 5.89. The maximum absolute atomic E-state index is 16.2. The first-order valence-corrected chi connectivity index (χ1v) is 12.8. The van der Waals surface area contributed by atoms with Crippen LogP contribution in [0.15, 0.2) is 79.9 Å². The first-order chi connectivity index (χ1) is 18.9. The normalized spacial score (nSPS) is 12.7. The summed E-state index contributed by atoms with van der Waals surface area (Å²) in [7, 11) is 0. The van der Waals surface area contributed by atoms with Gasteiger partial charge in [0.05, 0.1) is 39.2 Å². The lowest BCUT2D eigenvalue weighted by Gasteiger charge is -2.12. The molecule has 0 unspecified atom stereocenters. The lowest BCUT2D eigenvalue weighted by molar-refractivity contribution is 0.645. The van der Waals surface area contributed by atoms with Crippen molar-refractivity contribution in [3.63, 3.8) is 0 Å². The molecule has 1 aromatic carbocycles. The SMILES string of the molecule is C=C(CC(C)C)Nc1cncc(C(=C)/C(F)=c2/c(-c3nc4c(-c5ccccn5)cccc4[nH]3)n[nH]/c2=C/C)c1. The fourth-order valence-corrected chi connectivity index (χ4v) is 4.53. The molecule has 0 fully saturated rings. The van der Waals surface area contributed by atoms with Crippen molar-refractivity contribution in [2.45, 2.75) is 27.2 Å². The van der Waals surface area contributed by atoms with E-state index in [-0.39, 0.29) is 10.8 Å². The van der Waals surface area contributed by atoms with E-state index in [1.165, 1.54) is 0 Å². The average Bonchev–Trinajstić information content (AvgIpc) is 3.56. The number of nitrogens with one attached hydrogen (secondary N) is 3. The number of nitrogens with zero attached hydrogens (tertiary/aromatic N) is 4. The lowest BCUT2D eigenvalue weighted by Crippen LogP contribution is -2.26. The van der Waals surface area contributed by atoms with Crippen LogP contribution in [0.1, 0.15) is 32.8 Å². The molecule has 5 rings (SSSR count). The van der Waals surface area contributed by atoms with Crippen LogP contribution in [0.4, 0.5) is 10.1 Å². The molecular formula is C31H30FN7. The first kappa shape index (κ1) is 25.8.